The highest BCUT2D eigenvalue weighted by Crippen LogP contribution is 2.42. The lowest BCUT2D eigenvalue weighted by molar-refractivity contribution is 0.927. The minimum absolute atomic E-state index is 0.623. The van der Waals surface area contributed by atoms with E-state index < -0.39 is 0 Å². The number of hydrogen-bond acceptors (Lipinski definition) is 4. The maximum absolute atomic E-state index is 10.1. The molecule has 6 nitrogen and oxygen atoms in total. The van der Waals surface area contributed by atoms with Crippen molar-refractivity contribution in [3.05, 3.63) is 174 Å². The molecule has 0 amide bonds. The van der Waals surface area contributed by atoms with Crippen LogP contribution in [0.25, 0.3) is 88.6 Å². The molecule has 7 aromatic carbocycles. The van der Waals surface area contributed by atoms with Crippen LogP contribution in [0.4, 0.5) is 0 Å². The SMILES string of the molecule is Cc1ccc2c(c1)c1ccccc1n2-c1cc(-c2ccccc2C#N)ccc1-c1ccc(-n2c3ccccc3c3cc(C)ccc32)c(-c2nc(C)nc(C)n2)c1. The van der Waals surface area contributed by atoms with E-state index in [1.54, 1.807) is 0 Å². The Bertz CT molecular complexity index is 3250. The largest absolute Gasteiger partial charge is 0.309 e. The van der Waals surface area contributed by atoms with E-state index in [2.05, 4.69) is 155 Å². The van der Waals surface area contributed by atoms with Gasteiger partial charge >= 0.3 is 0 Å². The molecule has 3 heterocycles. The fourth-order valence-electron chi connectivity index (χ4n) is 8.47. The van der Waals surface area contributed by atoms with Crippen LogP contribution in [0.1, 0.15) is 28.3 Å². The molecule has 0 saturated heterocycles. The van der Waals surface area contributed by atoms with Crippen LogP contribution < -0.4 is 0 Å². The van der Waals surface area contributed by atoms with Crippen LogP contribution in [0.15, 0.2) is 146 Å². The summed E-state index contributed by atoms with van der Waals surface area (Å²) in [5.41, 5.74) is 14.4. The Morgan fingerprint density at radius 2 is 0.964 bits per heavy atom. The van der Waals surface area contributed by atoms with Gasteiger partial charge in [0.15, 0.2) is 5.82 Å². The maximum atomic E-state index is 10.1. The van der Waals surface area contributed by atoms with Crippen LogP contribution in [0, 0.1) is 39.0 Å². The first kappa shape index (κ1) is 33.2. The summed E-state index contributed by atoms with van der Waals surface area (Å²) < 4.78 is 4.72. The molecule has 0 bridgehead atoms. The zero-order chi connectivity index (χ0) is 38.1. The average molecular weight is 721 g/mol. The topological polar surface area (TPSA) is 72.3 Å². The van der Waals surface area contributed by atoms with E-state index in [9.17, 15) is 5.26 Å². The molecule has 10 rings (SSSR count). The molecule has 0 saturated carbocycles. The Morgan fingerprint density at radius 3 is 1.61 bits per heavy atom. The van der Waals surface area contributed by atoms with Crippen LogP contribution in [-0.2, 0) is 0 Å². The van der Waals surface area contributed by atoms with Crippen molar-refractivity contribution in [1.29, 1.82) is 5.26 Å². The van der Waals surface area contributed by atoms with E-state index in [1.807, 2.05) is 38.1 Å². The summed E-state index contributed by atoms with van der Waals surface area (Å²) >= 11 is 0. The highest BCUT2D eigenvalue weighted by molar-refractivity contribution is 6.11. The fourth-order valence-corrected chi connectivity index (χ4v) is 8.47. The standard InChI is InChI=1S/C50H36N6/c1-30-17-22-46-41(25-30)39-13-7-9-15-44(39)55(46)48-24-20-34(27-43(48)50-53-32(3)52-33(4)54-50)38-21-19-35(37-12-6-5-11-36(37)29-51)28-49(38)56-45-16-10-8-14-40(45)42-26-31(2)18-23-47(42)56/h5-28H,1-4H3. The van der Waals surface area contributed by atoms with Crippen LogP contribution in [0.3, 0.4) is 0 Å². The number of nitriles is 1. The minimum Gasteiger partial charge on any atom is -0.309 e. The van der Waals surface area contributed by atoms with Gasteiger partial charge in [-0.2, -0.15) is 5.26 Å². The lowest BCUT2D eigenvalue weighted by Gasteiger charge is -2.19. The molecule has 0 aliphatic rings. The van der Waals surface area contributed by atoms with E-state index in [-0.39, 0.29) is 0 Å². The number of hydrogen-bond donors (Lipinski definition) is 0. The van der Waals surface area contributed by atoms with Crippen molar-refractivity contribution < 1.29 is 0 Å². The Morgan fingerprint density at radius 1 is 0.429 bits per heavy atom. The van der Waals surface area contributed by atoms with Crippen molar-refractivity contribution in [2.75, 3.05) is 0 Å². The number of fused-ring (bicyclic) bond motifs is 6. The normalized spacial score (nSPS) is 11.6. The van der Waals surface area contributed by atoms with E-state index in [1.165, 1.54) is 32.7 Å². The third-order valence-corrected chi connectivity index (χ3v) is 10.9. The summed E-state index contributed by atoms with van der Waals surface area (Å²) in [7, 11) is 0. The molecule has 10 aromatic rings. The molecule has 0 aliphatic carbocycles. The minimum atomic E-state index is 0.623. The highest BCUT2D eigenvalue weighted by Gasteiger charge is 2.22. The van der Waals surface area contributed by atoms with Crippen molar-refractivity contribution in [2.45, 2.75) is 27.7 Å². The van der Waals surface area contributed by atoms with E-state index >= 15 is 0 Å². The van der Waals surface area contributed by atoms with Crippen LogP contribution in [0.2, 0.25) is 0 Å². The number of para-hydroxylation sites is 2. The van der Waals surface area contributed by atoms with Gasteiger partial charge in [-0.25, -0.2) is 15.0 Å². The summed E-state index contributed by atoms with van der Waals surface area (Å²) in [5.74, 6) is 1.96. The van der Waals surface area contributed by atoms with E-state index in [0.717, 1.165) is 61.3 Å². The molecule has 0 unspecified atom stereocenters. The van der Waals surface area contributed by atoms with Gasteiger partial charge in [0, 0.05) is 32.7 Å². The number of rotatable bonds is 5. The fraction of sp³-hybridized carbons (Fsp3) is 0.0800. The van der Waals surface area contributed by atoms with Gasteiger partial charge in [-0.3, -0.25) is 0 Å². The summed E-state index contributed by atoms with van der Waals surface area (Å²) in [6, 6.07) is 54.0. The molecule has 0 N–H and O–H groups in total. The molecule has 0 spiro atoms. The third kappa shape index (κ3) is 5.28. The van der Waals surface area contributed by atoms with Crippen LogP contribution in [0.5, 0.6) is 0 Å². The lowest BCUT2D eigenvalue weighted by atomic mass is 9.94. The van der Waals surface area contributed by atoms with Crippen molar-refractivity contribution in [3.63, 3.8) is 0 Å². The zero-order valence-electron chi connectivity index (χ0n) is 31.5. The first-order valence-corrected chi connectivity index (χ1v) is 18.8. The molecule has 0 aliphatic heterocycles. The molecular weight excluding hydrogens is 685 g/mol. The van der Waals surface area contributed by atoms with Gasteiger partial charge in [-0.05, 0) is 105 Å². The predicted molar refractivity (Wildman–Crippen MR) is 228 cm³/mol. The quantitative estimate of drug-likeness (QED) is 0.177. The smallest absolute Gasteiger partial charge is 0.165 e. The van der Waals surface area contributed by atoms with Crippen LogP contribution >= 0.6 is 0 Å². The molecule has 0 fully saturated rings. The second-order valence-electron chi connectivity index (χ2n) is 14.6. The molecule has 6 heteroatoms. The summed E-state index contributed by atoms with van der Waals surface area (Å²) in [4.78, 5) is 14.4. The van der Waals surface area contributed by atoms with Gasteiger partial charge in [0.2, 0.25) is 0 Å². The Hall–Kier alpha value is -7.36. The van der Waals surface area contributed by atoms with Crippen molar-refractivity contribution in [3.8, 4) is 51.1 Å². The van der Waals surface area contributed by atoms with Gasteiger partial charge in [0.1, 0.15) is 11.6 Å². The number of aromatic nitrogens is 5. The molecular formula is C50H36N6. The molecule has 266 valence electrons. The first-order valence-electron chi connectivity index (χ1n) is 18.8. The van der Waals surface area contributed by atoms with Crippen molar-refractivity contribution in [2.24, 2.45) is 0 Å². The van der Waals surface area contributed by atoms with Gasteiger partial charge in [0.25, 0.3) is 0 Å². The monoisotopic (exact) mass is 720 g/mol. The van der Waals surface area contributed by atoms with Crippen LogP contribution in [-0.4, -0.2) is 24.1 Å². The maximum Gasteiger partial charge on any atom is 0.165 e. The van der Waals surface area contributed by atoms with Crippen molar-refractivity contribution in [1.82, 2.24) is 24.1 Å². The predicted octanol–water partition coefficient (Wildman–Crippen LogP) is 12.2. The van der Waals surface area contributed by atoms with Crippen molar-refractivity contribution >= 4 is 43.6 Å². The Labute approximate surface area is 324 Å². The van der Waals surface area contributed by atoms with Gasteiger partial charge in [-0.1, -0.05) is 96.1 Å². The first-order chi connectivity index (χ1) is 27.4. The zero-order valence-corrected chi connectivity index (χ0v) is 31.5. The Balaban J connectivity index is 1.30. The summed E-state index contributed by atoms with van der Waals surface area (Å²) in [6.45, 7) is 8.13. The van der Waals surface area contributed by atoms with Gasteiger partial charge in [0.05, 0.1) is 45.1 Å². The molecule has 0 radical (unpaired) electrons. The van der Waals surface area contributed by atoms with Gasteiger partial charge in [-0.15, -0.1) is 0 Å². The number of aryl methyl sites for hydroxylation is 4. The number of benzene rings is 7. The van der Waals surface area contributed by atoms with E-state index in [4.69, 9.17) is 9.97 Å². The lowest BCUT2D eigenvalue weighted by Crippen LogP contribution is -2.04. The Kier molecular flexibility index (Phi) is 7.65. The second-order valence-corrected chi connectivity index (χ2v) is 14.6. The highest BCUT2D eigenvalue weighted by atomic mass is 15.0. The van der Waals surface area contributed by atoms with E-state index in [0.29, 0.717) is 23.0 Å². The number of nitrogens with zero attached hydrogens (tertiary/aromatic N) is 6. The second kappa shape index (κ2) is 12.9. The molecule has 56 heavy (non-hydrogen) atoms. The summed E-state index contributed by atoms with van der Waals surface area (Å²) in [5, 5.41) is 14.9. The third-order valence-electron chi connectivity index (χ3n) is 10.9. The molecule has 0 atom stereocenters. The average Bonchev–Trinajstić information content (AvgIpc) is 3.72. The van der Waals surface area contributed by atoms with Gasteiger partial charge < -0.3 is 9.13 Å². The summed E-state index contributed by atoms with van der Waals surface area (Å²) in [6.07, 6.45) is 0. The molecule has 3 aromatic heterocycles.